The van der Waals surface area contributed by atoms with Crippen molar-refractivity contribution in [3.63, 3.8) is 0 Å². The minimum atomic E-state index is -2.49. The Bertz CT molecular complexity index is 304. The minimum absolute atomic E-state index is 0. The standard InChI is InChI=1S/C8H20O4Si4.C2H3.Pt/c1-7-16(8-2)10-13-9-14(3,4)11-15(5,6)12-16;1-2;/h7-8H,1-2,13H2,3-6H3;1H,2H2;/q;-1;. The molecule has 9 heteroatoms. The van der Waals surface area contributed by atoms with Crippen molar-refractivity contribution >= 4 is 35.7 Å². The van der Waals surface area contributed by atoms with Crippen molar-refractivity contribution in [1.29, 1.82) is 0 Å². The second-order valence-corrected chi connectivity index (χ2v) is 16.6. The zero-order valence-corrected chi connectivity index (χ0v) is 18.7. The molecule has 1 aliphatic heterocycles. The molecule has 0 atom stereocenters. The predicted octanol–water partition coefficient (Wildman–Crippen LogP) is 1.96. The van der Waals surface area contributed by atoms with Crippen LogP contribution in [0.2, 0.25) is 26.2 Å². The topological polar surface area (TPSA) is 36.9 Å². The predicted molar refractivity (Wildman–Crippen MR) is 83.9 cm³/mol. The van der Waals surface area contributed by atoms with Gasteiger partial charge >= 0.3 is 25.7 Å². The van der Waals surface area contributed by atoms with Crippen molar-refractivity contribution in [2.45, 2.75) is 26.2 Å². The second kappa shape index (κ2) is 8.80. The van der Waals surface area contributed by atoms with E-state index in [1.165, 1.54) is 0 Å². The third-order valence-electron chi connectivity index (χ3n) is 2.16. The molecule has 1 aliphatic rings. The Labute approximate surface area is 137 Å². The molecule has 0 bridgehead atoms. The first kappa shape index (κ1) is 21.9. The summed E-state index contributed by atoms with van der Waals surface area (Å²) in [5.41, 5.74) is 3.49. The molecule has 0 N–H and O–H groups in total. The van der Waals surface area contributed by atoms with Crippen LogP contribution >= 0.6 is 0 Å². The molecule has 19 heavy (non-hydrogen) atoms. The van der Waals surface area contributed by atoms with Gasteiger partial charge in [-0.1, -0.05) is 0 Å². The van der Waals surface area contributed by atoms with E-state index in [2.05, 4.69) is 26.3 Å². The summed E-state index contributed by atoms with van der Waals surface area (Å²) in [7, 11) is -7.86. The van der Waals surface area contributed by atoms with Crippen LogP contribution < -0.4 is 0 Å². The summed E-state index contributed by atoms with van der Waals surface area (Å²) in [6.45, 7) is 22.6. The number of hydrogen-bond acceptors (Lipinski definition) is 4. The monoisotopic (exact) mass is 514 g/mol. The van der Waals surface area contributed by atoms with Gasteiger partial charge in [0.05, 0.1) is 0 Å². The van der Waals surface area contributed by atoms with E-state index >= 15 is 0 Å². The van der Waals surface area contributed by atoms with E-state index in [9.17, 15) is 0 Å². The molecule has 0 aliphatic carbocycles. The van der Waals surface area contributed by atoms with Gasteiger partial charge in [0.25, 0.3) is 10.0 Å². The second-order valence-electron chi connectivity index (χ2n) is 4.54. The summed E-state index contributed by atoms with van der Waals surface area (Å²) >= 11 is 0. The molecule has 1 heterocycles. The van der Waals surface area contributed by atoms with Crippen molar-refractivity contribution in [3.05, 3.63) is 37.7 Å². The quantitative estimate of drug-likeness (QED) is 0.417. The van der Waals surface area contributed by atoms with E-state index in [1.54, 1.807) is 11.4 Å². The summed E-state index contributed by atoms with van der Waals surface area (Å²) in [5.74, 6) is 0. The van der Waals surface area contributed by atoms with E-state index in [-0.39, 0.29) is 21.1 Å². The number of hydrogen-bond donors (Lipinski definition) is 0. The van der Waals surface area contributed by atoms with Crippen LogP contribution in [-0.2, 0) is 37.5 Å². The summed E-state index contributed by atoms with van der Waals surface area (Å²) in [6.07, 6.45) is 0. The van der Waals surface area contributed by atoms with Crippen LogP contribution in [0.3, 0.4) is 0 Å². The fraction of sp³-hybridized carbons (Fsp3) is 0.400. The van der Waals surface area contributed by atoms with E-state index < -0.39 is 35.7 Å². The van der Waals surface area contributed by atoms with E-state index in [0.717, 1.165) is 0 Å². The van der Waals surface area contributed by atoms with Crippen molar-refractivity contribution in [1.82, 2.24) is 0 Å². The smallest absolute Gasteiger partial charge is 0.373 e. The Morgan fingerprint density at radius 2 is 1.37 bits per heavy atom. The van der Waals surface area contributed by atoms with Gasteiger partial charge in [-0.25, -0.2) is 0 Å². The number of rotatable bonds is 2. The molecule has 0 radical (unpaired) electrons. The molecule has 0 unspecified atom stereocenters. The third kappa shape index (κ3) is 7.26. The maximum Gasteiger partial charge on any atom is 0.373 e. The Balaban J connectivity index is 0. The first-order chi connectivity index (χ1) is 8.24. The zero-order valence-electron chi connectivity index (χ0n) is 12.0. The van der Waals surface area contributed by atoms with Gasteiger partial charge in [0.2, 0.25) is 0 Å². The van der Waals surface area contributed by atoms with Gasteiger partial charge in [-0.2, -0.15) is 0 Å². The Kier molecular flexibility index (Phi) is 10.2. The molecular weight excluding hydrogens is 492 g/mol. The molecule has 0 aromatic heterocycles. The van der Waals surface area contributed by atoms with Gasteiger partial charge in [-0.05, 0) is 37.6 Å². The zero-order chi connectivity index (χ0) is 14.4. The molecule has 0 spiro atoms. The molecule has 0 saturated carbocycles. The Hall–Kier alpha value is 0.616. The third-order valence-corrected chi connectivity index (χ3v) is 16.0. The largest absolute Gasteiger partial charge is 0.521 e. The van der Waals surface area contributed by atoms with Gasteiger partial charge in [0.15, 0.2) is 0 Å². The van der Waals surface area contributed by atoms with Crippen LogP contribution in [0.5, 0.6) is 0 Å². The van der Waals surface area contributed by atoms with Gasteiger partial charge in [-0.3, -0.25) is 6.58 Å². The summed E-state index contributed by atoms with van der Waals surface area (Å²) < 4.78 is 23.8. The van der Waals surface area contributed by atoms with Crippen molar-refractivity contribution in [2.24, 2.45) is 0 Å². The fourth-order valence-electron chi connectivity index (χ4n) is 1.60. The van der Waals surface area contributed by atoms with Crippen LogP contribution in [0.15, 0.2) is 31.1 Å². The maximum atomic E-state index is 6.09. The van der Waals surface area contributed by atoms with Crippen LogP contribution in [-0.4, -0.2) is 35.7 Å². The molecule has 1 fully saturated rings. The maximum absolute atomic E-state index is 6.09. The van der Waals surface area contributed by atoms with Crippen molar-refractivity contribution in [2.75, 3.05) is 0 Å². The van der Waals surface area contributed by atoms with Crippen LogP contribution in [0.25, 0.3) is 0 Å². The minimum Gasteiger partial charge on any atom is -0.521 e. The first-order valence-electron chi connectivity index (χ1n) is 5.60. The summed E-state index contributed by atoms with van der Waals surface area (Å²) in [6, 6.07) is 0. The van der Waals surface area contributed by atoms with E-state index in [4.69, 9.17) is 16.5 Å². The Morgan fingerprint density at radius 3 is 1.79 bits per heavy atom. The first-order valence-corrected chi connectivity index (χ1v) is 14.4. The Morgan fingerprint density at radius 1 is 0.895 bits per heavy atom. The molecule has 0 aromatic carbocycles. The van der Waals surface area contributed by atoms with Crippen molar-refractivity contribution in [3.8, 4) is 0 Å². The molecule has 4 nitrogen and oxygen atoms in total. The molecule has 1 rings (SSSR count). The average molecular weight is 515 g/mol. The molecular formula is C10H23O4PtSi4-. The van der Waals surface area contributed by atoms with Gasteiger partial charge in [-0.15, -0.1) is 13.2 Å². The normalized spacial score (nSPS) is 24.6. The molecule has 114 valence electrons. The summed E-state index contributed by atoms with van der Waals surface area (Å²) in [5, 5.41) is 0. The molecule has 0 aromatic rings. The van der Waals surface area contributed by atoms with E-state index in [1.807, 2.05) is 26.2 Å². The fourth-order valence-corrected chi connectivity index (χ4v) is 15.9. The average Bonchev–Trinajstić information content (AvgIpc) is 2.27. The summed E-state index contributed by atoms with van der Waals surface area (Å²) in [4.78, 5) is 0. The van der Waals surface area contributed by atoms with Crippen LogP contribution in [0.1, 0.15) is 0 Å². The van der Waals surface area contributed by atoms with E-state index in [0.29, 0.717) is 0 Å². The van der Waals surface area contributed by atoms with Gasteiger partial charge in [0, 0.05) is 21.1 Å². The van der Waals surface area contributed by atoms with Crippen molar-refractivity contribution < 1.29 is 37.5 Å². The van der Waals surface area contributed by atoms with Gasteiger partial charge < -0.3 is 23.0 Å². The van der Waals surface area contributed by atoms with Gasteiger partial charge in [0.1, 0.15) is 0 Å². The van der Waals surface area contributed by atoms with Crippen LogP contribution in [0, 0.1) is 6.58 Å². The SMILES string of the molecule is C=C[Si]1(C=C)O[SiH2]O[Si](C)(C)O[Si](C)(C)O1.[CH-]=C.[Pt]. The van der Waals surface area contributed by atoms with Crippen LogP contribution in [0.4, 0.5) is 0 Å². The molecule has 0 amide bonds. The molecule has 1 saturated heterocycles.